The van der Waals surface area contributed by atoms with Crippen LogP contribution in [0, 0.1) is 0 Å². The van der Waals surface area contributed by atoms with Gasteiger partial charge in [-0.3, -0.25) is 0 Å². The van der Waals surface area contributed by atoms with Gasteiger partial charge in [0.2, 0.25) is 0 Å². The van der Waals surface area contributed by atoms with Gasteiger partial charge in [0, 0.05) is 0 Å². The molecule has 0 radical (unpaired) electrons. The SMILES string of the molecule is CCCCOC(=O)C[CH2][Sn]([O]C(=O)CSCCCC)([O]C(=O)CSCCCC)[O]C(=O)CSCCCC. The first-order chi connectivity index (χ1) is 17.8. The molecule has 0 aliphatic carbocycles. The molecule has 0 aromatic carbocycles. The van der Waals surface area contributed by atoms with Crippen LogP contribution in [0.4, 0.5) is 0 Å². The van der Waals surface area contributed by atoms with Crippen molar-refractivity contribution >= 4 is 78.8 Å². The van der Waals surface area contributed by atoms with Crippen molar-refractivity contribution in [2.24, 2.45) is 0 Å². The Kier molecular flexibility index (Phi) is 24.6. The molecule has 0 N–H and O–H groups in total. The average Bonchev–Trinajstić information content (AvgIpc) is 2.86. The zero-order valence-electron chi connectivity index (χ0n) is 23.0. The van der Waals surface area contributed by atoms with Crippen LogP contribution < -0.4 is 0 Å². The van der Waals surface area contributed by atoms with Crippen LogP contribution in [-0.4, -0.2) is 84.6 Å². The Labute approximate surface area is 241 Å². The number of carbonyl (C=O) groups is 4. The Morgan fingerprint density at radius 2 is 0.946 bits per heavy atom. The fourth-order valence-electron chi connectivity index (χ4n) is 2.69. The number of hydrogen-bond donors (Lipinski definition) is 0. The molecule has 0 aromatic heterocycles. The second-order valence-corrected chi connectivity index (χ2v) is 18.8. The van der Waals surface area contributed by atoms with E-state index in [0.717, 1.165) is 68.6 Å². The first kappa shape index (κ1) is 36.7. The number of thioether (sulfide) groups is 3. The second kappa shape index (κ2) is 24.7. The molecule has 0 unspecified atom stereocenters. The molecule has 12 heteroatoms. The number of carbonyl (C=O) groups excluding carboxylic acids is 4. The van der Waals surface area contributed by atoms with E-state index in [9.17, 15) is 19.2 Å². The Hall–Kier alpha value is -0.271. The van der Waals surface area contributed by atoms with Gasteiger partial charge in [-0.15, -0.1) is 0 Å². The molecule has 0 atom stereocenters. The van der Waals surface area contributed by atoms with Crippen molar-refractivity contribution in [2.45, 2.75) is 89.9 Å². The van der Waals surface area contributed by atoms with Crippen molar-refractivity contribution in [3.63, 3.8) is 0 Å². The van der Waals surface area contributed by atoms with Gasteiger partial charge in [-0.05, 0) is 0 Å². The summed E-state index contributed by atoms with van der Waals surface area (Å²) in [7, 11) is 0. The van der Waals surface area contributed by atoms with Gasteiger partial charge in [-0.25, -0.2) is 0 Å². The van der Waals surface area contributed by atoms with Crippen LogP contribution >= 0.6 is 35.3 Å². The topological polar surface area (TPSA) is 105 Å². The summed E-state index contributed by atoms with van der Waals surface area (Å²) >= 11 is -0.895. The van der Waals surface area contributed by atoms with E-state index >= 15 is 0 Å². The molecule has 0 fully saturated rings. The van der Waals surface area contributed by atoms with Crippen molar-refractivity contribution in [1.82, 2.24) is 0 Å². The number of ether oxygens (including phenoxy) is 1. The van der Waals surface area contributed by atoms with E-state index in [1.807, 2.05) is 6.92 Å². The molecule has 0 aliphatic heterocycles. The van der Waals surface area contributed by atoms with E-state index in [2.05, 4.69) is 20.8 Å². The van der Waals surface area contributed by atoms with Crippen molar-refractivity contribution in [3.8, 4) is 0 Å². The van der Waals surface area contributed by atoms with Crippen molar-refractivity contribution in [3.05, 3.63) is 0 Å². The molecule has 0 bridgehead atoms. The third kappa shape index (κ3) is 21.3. The molecule has 0 saturated heterocycles. The molecule has 37 heavy (non-hydrogen) atoms. The predicted octanol–water partition coefficient (Wildman–Crippen LogP) is 5.89. The van der Waals surface area contributed by atoms with Crippen LogP contribution in [0.1, 0.15) is 85.5 Å². The zero-order valence-corrected chi connectivity index (χ0v) is 28.3. The fourth-order valence-corrected chi connectivity index (χ4v) is 12.4. The second-order valence-electron chi connectivity index (χ2n) is 8.40. The summed E-state index contributed by atoms with van der Waals surface area (Å²) < 4.78 is 22.3. The van der Waals surface area contributed by atoms with Gasteiger partial charge in [0.05, 0.1) is 0 Å². The van der Waals surface area contributed by atoms with Crippen LogP contribution in [-0.2, 0) is 33.1 Å². The maximum absolute atomic E-state index is 12.7. The number of unbranched alkanes of at least 4 members (excludes halogenated alkanes) is 4. The van der Waals surface area contributed by atoms with Gasteiger partial charge in [0.1, 0.15) is 0 Å². The van der Waals surface area contributed by atoms with Gasteiger partial charge in [0.15, 0.2) is 0 Å². The number of rotatable bonds is 24. The summed E-state index contributed by atoms with van der Waals surface area (Å²) in [5.41, 5.74) is 0. The molecule has 0 aliphatic rings. The summed E-state index contributed by atoms with van der Waals surface area (Å²) in [5, 5.41) is 0. The minimum atomic E-state index is -5.15. The van der Waals surface area contributed by atoms with Crippen LogP contribution in [0.5, 0.6) is 0 Å². The standard InChI is InChI=1S/C7H13O2.3C6H12O2S.Sn/c1-3-5-6-9-7(8)4-2;3*1-2-3-4-9-5-6(7)8;/h2-6H2,1H3;3*2-5H2,1H3,(H,7,8);/q;;;;+3/p-3. The van der Waals surface area contributed by atoms with Crippen LogP contribution in [0.25, 0.3) is 0 Å². The molecular formula is C25H46O8S3Sn. The van der Waals surface area contributed by atoms with E-state index in [0.29, 0.717) is 0 Å². The Morgan fingerprint density at radius 3 is 1.30 bits per heavy atom. The molecule has 0 amide bonds. The molecule has 0 spiro atoms. The van der Waals surface area contributed by atoms with Crippen molar-refractivity contribution in [2.75, 3.05) is 41.1 Å². The third-order valence-electron chi connectivity index (χ3n) is 4.79. The minimum absolute atomic E-state index is 0.0607. The summed E-state index contributed by atoms with van der Waals surface area (Å²) in [6.07, 6.45) is 7.37. The summed E-state index contributed by atoms with van der Waals surface area (Å²) in [5.74, 6) is 0.294. The first-order valence-electron chi connectivity index (χ1n) is 13.4. The quantitative estimate of drug-likeness (QED) is 0.0689. The Balaban J connectivity index is 5.56. The predicted molar refractivity (Wildman–Crippen MR) is 156 cm³/mol. The zero-order chi connectivity index (χ0) is 27.8. The summed E-state index contributed by atoms with van der Waals surface area (Å²) in [4.78, 5) is 50.5. The third-order valence-corrected chi connectivity index (χ3v) is 14.9. The van der Waals surface area contributed by atoms with E-state index in [4.69, 9.17) is 14.0 Å². The van der Waals surface area contributed by atoms with Crippen LogP contribution in [0.3, 0.4) is 0 Å². The average molecular weight is 690 g/mol. The maximum atomic E-state index is 12.7. The first-order valence-corrected chi connectivity index (χ1v) is 22.3. The van der Waals surface area contributed by atoms with Gasteiger partial charge in [-0.1, -0.05) is 0 Å². The molecular weight excluding hydrogens is 643 g/mol. The van der Waals surface area contributed by atoms with Gasteiger partial charge >= 0.3 is 243 Å². The molecule has 0 aromatic rings. The number of esters is 1. The van der Waals surface area contributed by atoms with E-state index < -0.39 is 43.5 Å². The molecule has 0 saturated carbocycles. The summed E-state index contributed by atoms with van der Waals surface area (Å²) in [6, 6.07) is 0. The fraction of sp³-hybridized carbons (Fsp3) is 0.840. The van der Waals surface area contributed by atoms with Crippen molar-refractivity contribution < 1.29 is 33.1 Å². The van der Waals surface area contributed by atoms with Gasteiger partial charge < -0.3 is 0 Å². The van der Waals surface area contributed by atoms with Crippen LogP contribution in [0.2, 0.25) is 4.44 Å². The van der Waals surface area contributed by atoms with Crippen molar-refractivity contribution in [1.29, 1.82) is 0 Å². The summed E-state index contributed by atoms with van der Waals surface area (Å²) in [6.45, 7) is 8.47. The molecule has 8 nitrogen and oxygen atoms in total. The molecule has 216 valence electrons. The number of hydrogen-bond acceptors (Lipinski definition) is 11. The monoisotopic (exact) mass is 690 g/mol. The Morgan fingerprint density at radius 1 is 0.568 bits per heavy atom. The molecule has 0 heterocycles. The normalized spacial score (nSPS) is 11.1. The van der Waals surface area contributed by atoms with E-state index in [1.165, 1.54) is 35.3 Å². The van der Waals surface area contributed by atoms with E-state index in [-0.39, 0.29) is 34.7 Å². The molecule has 0 rings (SSSR count). The Bertz CT molecular complexity index is 587. The van der Waals surface area contributed by atoms with Crippen LogP contribution in [0.15, 0.2) is 0 Å². The van der Waals surface area contributed by atoms with Gasteiger partial charge in [-0.2, -0.15) is 0 Å². The van der Waals surface area contributed by atoms with E-state index in [1.54, 1.807) is 0 Å². The van der Waals surface area contributed by atoms with Gasteiger partial charge in [0.25, 0.3) is 0 Å².